The Balaban J connectivity index is 1.52. The number of aromatic nitrogens is 4. The van der Waals surface area contributed by atoms with E-state index in [1.54, 1.807) is 12.1 Å². The van der Waals surface area contributed by atoms with Crippen molar-refractivity contribution in [2.24, 2.45) is 0 Å². The lowest BCUT2D eigenvalue weighted by Crippen LogP contribution is -2.41. The molecule has 2 aromatic heterocycles. The Morgan fingerprint density at radius 1 is 1.06 bits per heavy atom. The van der Waals surface area contributed by atoms with Crippen molar-refractivity contribution in [1.82, 2.24) is 24.1 Å². The van der Waals surface area contributed by atoms with Crippen molar-refractivity contribution in [3.63, 3.8) is 0 Å². The largest absolute Gasteiger partial charge is 0.354 e. The van der Waals surface area contributed by atoms with Crippen molar-refractivity contribution in [3.8, 4) is 11.3 Å². The van der Waals surface area contributed by atoms with Crippen LogP contribution in [0, 0.1) is 0 Å². The highest BCUT2D eigenvalue weighted by Crippen LogP contribution is 2.35. The van der Waals surface area contributed by atoms with Crippen molar-refractivity contribution >= 4 is 27.0 Å². The van der Waals surface area contributed by atoms with Crippen molar-refractivity contribution in [3.05, 3.63) is 30.5 Å². The van der Waals surface area contributed by atoms with E-state index in [9.17, 15) is 8.42 Å². The fourth-order valence-electron chi connectivity index (χ4n) is 4.64. The van der Waals surface area contributed by atoms with E-state index >= 15 is 0 Å². The summed E-state index contributed by atoms with van der Waals surface area (Å²) in [6, 6.07) is 7.42. The van der Waals surface area contributed by atoms with Gasteiger partial charge in [-0.3, -0.25) is 0 Å². The molecular formula is C24H32N6O2S. The third-order valence-corrected chi connectivity index (χ3v) is 8.68. The normalized spacial score (nSPS) is 17.8. The molecule has 0 atom stereocenters. The second kappa shape index (κ2) is 9.38. The molecule has 3 aromatic rings. The third-order valence-electron chi connectivity index (χ3n) is 6.76. The molecule has 33 heavy (non-hydrogen) atoms. The summed E-state index contributed by atoms with van der Waals surface area (Å²) in [5.41, 5.74) is 2.54. The Labute approximate surface area is 195 Å². The van der Waals surface area contributed by atoms with E-state index in [1.807, 2.05) is 18.3 Å². The Hall–Kier alpha value is -2.52. The third kappa shape index (κ3) is 4.36. The number of unbranched alkanes of at least 4 members (excludes halogenated alkanes) is 1. The fourth-order valence-corrected chi connectivity index (χ4v) is 6.16. The summed E-state index contributed by atoms with van der Waals surface area (Å²) < 4.78 is 29.0. The van der Waals surface area contributed by atoms with Crippen LogP contribution >= 0.6 is 0 Å². The number of sulfonamides is 1. The second-order valence-electron chi connectivity index (χ2n) is 9.08. The van der Waals surface area contributed by atoms with Crippen molar-refractivity contribution in [2.75, 3.05) is 25.0 Å². The summed E-state index contributed by atoms with van der Waals surface area (Å²) in [6.45, 7) is 4.22. The van der Waals surface area contributed by atoms with Gasteiger partial charge in [-0.15, -0.1) is 0 Å². The van der Waals surface area contributed by atoms with Gasteiger partial charge in [0.1, 0.15) is 5.69 Å². The first-order valence-corrected chi connectivity index (χ1v) is 13.6. The number of fused-ring (bicyclic) bond motifs is 1. The first-order valence-electron chi connectivity index (χ1n) is 12.2. The van der Waals surface area contributed by atoms with Crippen LogP contribution in [-0.2, 0) is 10.0 Å². The van der Waals surface area contributed by atoms with Gasteiger partial charge in [0, 0.05) is 31.4 Å². The predicted octanol–water partition coefficient (Wildman–Crippen LogP) is 4.60. The molecule has 0 unspecified atom stereocenters. The van der Waals surface area contributed by atoms with E-state index in [1.165, 1.54) is 23.6 Å². The van der Waals surface area contributed by atoms with Crippen molar-refractivity contribution in [1.29, 1.82) is 0 Å². The molecule has 5 rings (SSSR count). The fraction of sp³-hybridized carbons (Fsp3) is 0.542. The summed E-state index contributed by atoms with van der Waals surface area (Å²) in [5, 5.41) is 9.23. The lowest BCUT2D eigenvalue weighted by atomic mass is 9.96. The summed E-state index contributed by atoms with van der Waals surface area (Å²) in [7, 11) is -3.40. The van der Waals surface area contributed by atoms with Crippen LogP contribution in [0.3, 0.4) is 0 Å². The van der Waals surface area contributed by atoms with Gasteiger partial charge in [0.25, 0.3) is 0 Å². The van der Waals surface area contributed by atoms with E-state index < -0.39 is 10.0 Å². The van der Waals surface area contributed by atoms with E-state index in [0.717, 1.165) is 60.9 Å². The van der Waals surface area contributed by atoms with Gasteiger partial charge in [-0.25, -0.2) is 18.1 Å². The number of benzene rings is 1. The zero-order chi connectivity index (χ0) is 22.8. The minimum Gasteiger partial charge on any atom is -0.354 e. The number of nitrogens with zero attached hydrogens (tertiary/aromatic N) is 5. The topological polar surface area (TPSA) is 93.0 Å². The van der Waals surface area contributed by atoms with Crippen LogP contribution in [0.15, 0.2) is 35.4 Å². The number of anilines is 1. The molecule has 1 saturated heterocycles. The standard InChI is InChI=1S/C24H32N6O2S/c1-2-3-14-25-24-26-17-21-22(28-30(23(21)27-24)19-8-5-4-6-9-19)18-10-12-20(13-11-18)33(31,32)29-15-7-16-29/h10-13,17,19H,2-9,14-16H2,1H3,(H,25,26,27). The number of hydrogen-bond acceptors (Lipinski definition) is 6. The number of hydrogen-bond donors (Lipinski definition) is 1. The first kappa shape index (κ1) is 22.3. The maximum Gasteiger partial charge on any atom is 0.243 e. The van der Waals surface area contributed by atoms with Gasteiger partial charge in [-0.1, -0.05) is 44.7 Å². The van der Waals surface area contributed by atoms with Gasteiger partial charge in [-0.2, -0.15) is 14.4 Å². The smallest absolute Gasteiger partial charge is 0.243 e. The van der Waals surface area contributed by atoms with Crippen LogP contribution in [0.1, 0.15) is 64.3 Å². The minimum absolute atomic E-state index is 0.333. The molecule has 8 nitrogen and oxygen atoms in total. The molecule has 1 aliphatic heterocycles. The van der Waals surface area contributed by atoms with Crippen LogP contribution in [0.5, 0.6) is 0 Å². The molecule has 1 N–H and O–H groups in total. The Morgan fingerprint density at radius 3 is 2.48 bits per heavy atom. The Morgan fingerprint density at radius 2 is 1.82 bits per heavy atom. The van der Waals surface area contributed by atoms with Gasteiger partial charge in [0.15, 0.2) is 5.65 Å². The average molecular weight is 469 g/mol. The zero-order valence-electron chi connectivity index (χ0n) is 19.2. The molecule has 9 heteroatoms. The molecule has 1 saturated carbocycles. The average Bonchev–Trinajstić information content (AvgIpc) is 3.17. The summed E-state index contributed by atoms with van der Waals surface area (Å²) in [6.07, 6.45) is 10.9. The highest BCUT2D eigenvalue weighted by atomic mass is 32.2. The van der Waals surface area contributed by atoms with Crippen molar-refractivity contribution in [2.45, 2.75) is 69.2 Å². The molecule has 1 aromatic carbocycles. The van der Waals surface area contributed by atoms with E-state index in [2.05, 4.69) is 21.9 Å². The molecule has 0 radical (unpaired) electrons. The molecule has 0 amide bonds. The highest BCUT2D eigenvalue weighted by Gasteiger charge is 2.29. The lowest BCUT2D eigenvalue weighted by Gasteiger charge is -2.29. The Bertz CT molecular complexity index is 1210. The van der Waals surface area contributed by atoms with Gasteiger partial charge < -0.3 is 5.32 Å². The number of nitrogens with one attached hydrogen (secondary N) is 1. The zero-order valence-corrected chi connectivity index (χ0v) is 20.0. The van der Waals surface area contributed by atoms with E-state index in [4.69, 9.17) is 10.1 Å². The van der Waals surface area contributed by atoms with Crippen LogP contribution in [-0.4, -0.2) is 52.1 Å². The van der Waals surface area contributed by atoms with Gasteiger partial charge in [0.2, 0.25) is 16.0 Å². The minimum atomic E-state index is -3.40. The number of rotatable bonds is 8. The van der Waals surface area contributed by atoms with Crippen LogP contribution in [0.25, 0.3) is 22.3 Å². The van der Waals surface area contributed by atoms with E-state index in [-0.39, 0.29) is 0 Å². The predicted molar refractivity (Wildman–Crippen MR) is 130 cm³/mol. The maximum absolute atomic E-state index is 12.7. The molecule has 1 aliphatic carbocycles. The van der Waals surface area contributed by atoms with Gasteiger partial charge >= 0.3 is 0 Å². The SMILES string of the molecule is CCCCNc1ncc2c(-c3ccc(S(=O)(=O)N4CCC4)cc3)nn(C3CCCCC3)c2n1. The molecule has 176 valence electrons. The van der Waals surface area contributed by atoms with Crippen molar-refractivity contribution < 1.29 is 8.42 Å². The van der Waals surface area contributed by atoms with E-state index in [0.29, 0.717) is 30.0 Å². The van der Waals surface area contributed by atoms with Crippen LogP contribution < -0.4 is 5.32 Å². The summed E-state index contributed by atoms with van der Waals surface area (Å²) >= 11 is 0. The second-order valence-corrected chi connectivity index (χ2v) is 11.0. The monoisotopic (exact) mass is 468 g/mol. The van der Waals surface area contributed by atoms with Gasteiger partial charge in [0.05, 0.1) is 16.3 Å². The molecule has 2 aliphatic rings. The molecule has 3 heterocycles. The molecule has 0 bridgehead atoms. The Kier molecular flexibility index (Phi) is 6.34. The van der Waals surface area contributed by atoms with Crippen LogP contribution in [0.2, 0.25) is 0 Å². The molecule has 2 fully saturated rings. The quantitative estimate of drug-likeness (QED) is 0.486. The van der Waals surface area contributed by atoms with Crippen LogP contribution in [0.4, 0.5) is 5.95 Å². The maximum atomic E-state index is 12.7. The summed E-state index contributed by atoms with van der Waals surface area (Å²) in [4.78, 5) is 9.72. The highest BCUT2D eigenvalue weighted by molar-refractivity contribution is 7.89. The molecule has 0 spiro atoms. The molecular weight excluding hydrogens is 436 g/mol. The summed E-state index contributed by atoms with van der Waals surface area (Å²) in [5.74, 6) is 0.635. The van der Waals surface area contributed by atoms with Gasteiger partial charge in [-0.05, 0) is 37.8 Å². The first-order chi connectivity index (χ1) is 16.1. The lowest BCUT2D eigenvalue weighted by molar-refractivity contribution is 0.309.